The third-order valence-electron chi connectivity index (χ3n) is 2.33. The van der Waals surface area contributed by atoms with Gasteiger partial charge in [0.15, 0.2) is 0 Å². The summed E-state index contributed by atoms with van der Waals surface area (Å²) in [6, 6.07) is 3.26. The van der Waals surface area contributed by atoms with Crippen molar-refractivity contribution in [3.05, 3.63) is 33.5 Å². The van der Waals surface area contributed by atoms with Crippen molar-refractivity contribution in [3.8, 4) is 0 Å². The van der Waals surface area contributed by atoms with Crippen molar-refractivity contribution in [1.29, 1.82) is 0 Å². The van der Waals surface area contributed by atoms with Gasteiger partial charge in [-0.05, 0) is 36.5 Å². The highest BCUT2D eigenvalue weighted by molar-refractivity contribution is 9.10. The molecule has 1 saturated carbocycles. The van der Waals surface area contributed by atoms with Crippen molar-refractivity contribution in [1.82, 2.24) is 0 Å². The number of benzene rings is 1. The van der Waals surface area contributed by atoms with Crippen LogP contribution in [0.4, 0.5) is 4.39 Å². The number of oxime groups is 1. The number of rotatable bonds is 2. The largest absolute Gasteiger partial charge is 0.411 e. The molecule has 1 aromatic carbocycles. The molecule has 4 heteroatoms. The van der Waals surface area contributed by atoms with Gasteiger partial charge in [-0.25, -0.2) is 4.39 Å². The molecule has 1 fully saturated rings. The second kappa shape index (κ2) is 3.69. The zero-order valence-corrected chi connectivity index (χ0v) is 8.96. The molecule has 2 rings (SSSR count). The van der Waals surface area contributed by atoms with Crippen LogP contribution in [0.15, 0.2) is 21.8 Å². The molecule has 0 amide bonds. The standard InChI is InChI=1S/C10H9BrFNO/c11-7-3-8(6-1-2-6)9(5-13-14)10(12)4-7/h3-6,14H,1-2H2/b13-5-. The normalized spacial score (nSPS) is 16.4. The third kappa shape index (κ3) is 1.80. The molecule has 1 aliphatic rings. The first-order valence-electron chi connectivity index (χ1n) is 4.38. The zero-order chi connectivity index (χ0) is 10.1. The van der Waals surface area contributed by atoms with Gasteiger partial charge in [0.25, 0.3) is 0 Å². The third-order valence-corrected chi connectivity index (χ3v) is 2.79. The monoisotopic (exact) mass is 257 g/mol. The van der Waals surface area contributed by atoms with Gasteiger partial charge in [-0.3, -0.25) is 0 Å². The van der Waals surface area contributed by atoms with Crippen molar-refractivity contribution in [2.45, 2.75) is 18.8 Å². The van der Waals surface area contributed by atoms with Gasteiger partial charge in [-0.2, -0.15) is 0 Å². The Bertz CT molecular complexity index is 388. The topological polar surface area (TPSA) is 32.6 Å². The quantitative estimate of drug-likeness (QED) is 0.493. The van der Waals surface area contributed by atoms with Gasteiger partial charge in [-0.15, -0.1) is 0 Å². The van der Waals surface area contributed by atoms with Crippen LogP contribution in [0.25, 0.3) is 0 Å². The fourth-order valence-corrected chi connectivity index (χ4v) is 1.98. The highest BCUT2D eigenvalue weighted by atomic mass is 79.9. The number of hydrogen-bond donors (Lipinski definition) is 1. The second-order valence-corrected chi connectivity index (χ2v) is 4.33. The van der Waals surface area contributed by atoms with Crippen LogP contribution in [0.5, 0.6) is 0 Å². The van der Waals surface area contributed by atoms with Crippen LogP contribution in [0, 0.1) is 5.82 Å². The summed E-state index contributed by atoms with van der Waals surface area (Å²) < 4.78 is 14.2. The van der Waals surface area contributed by atoms with Crippen molar-refractivity contribution in [2.75, 3.05) is 0 Å². The molecule has 1 N–H and O–H groups in total. The Labute approximate surface area is 89.6 Å². The summed E-state index contributed by atoms with van der Waals surface area (Å²) in [6.07, 6.45) is 3.33. The van der Waals surface area contributed by atoms with Gasteiger partial charge in [0.1, 0.15) is 5.82 Å². The van der Waals surface area contributed by atoms with E-state index in [0.717, 1.165) is 29.1 Å². The van der Waals surface area contributed by atoms with Gasteiger partial charge in [0.05, 0.1) is 6.21 Å². The van der Waals surface area contributed by atoms with Crippen LogP contribution in [-0.4, -0.2) is 11.4 Å². The van der Waals surface area contributed by atoms with Crippen LogP contribution in [0.1, 0.15) is 29.9 Å². The molecular formula is C10H9BrFNO. The molecule has 0 bridgehead atoms. The summed E-state index contributed by atoms with van der Waals surface area (Å²) >= 11 is 3.25. The summed E-state index contributed by atoms with van der Waals surface area (Å²) in [7, 11) is 0. The van der Waals surface area contributed by atoms with Gasteiger partial charge in [0.2, 0.25) is 0 Å². The minimum atomic E-state index is -0.348. The van der Waals surface area contributed by atoms with E-state index in [2.05, 4.69) is 21.1 Å². The highest BCUT2D eigenvalue weighted by Crippen LogP contribution is 2.42. The molecule has 0 radical (unpaired) electrons. The summed E-state index contributed by atoms with van der Waals surface area (Å²) in [5.41, 5.74) is 1.33. The van der Waals surface area contributed by atoms with Gasteiger partial charge >= 0.3 is 0 Å². The van der Waals surface area contributed by atoms with Gasteiger partial charge in [0, 0.05) is 10.0 Å². The Morgan fingerprint density at radius 2 is 2.21 bits per heavy atom. The molecule has 0 heterocycles. The van der Waals surface area contributed by atoms with Gasteiger partial charge in [-0.1, -0.05) is 21.1 Å². The highest BCUT2D eigenvalue weighted by Gasteiger charge is 2.27. The number of nitrogens with zero attached hydrogens (tertiary/aromatic N) is 1. The van der Waals surface area contributed by atoms with Crippen LogP contribution >= 0.6 is 15.9 Å². The van der Waals surface area contributed by atoms with E-state index in [4.69, 9.17) is 5.21 Å². The smallest absolute Gasteiger partial charge is 0.133 e. The average Bonchev–Trinajstić information content (AvgIpc) is 2.92. The summed E-state index contributed by atoms with van der Waals surface area (Å²) in [5, 5.41) is 11.3. The fraction of sp³-hybridized carbons (Fsp3) is 0.300. The molecule has 0 atom stereocenters. The molecule has 0 spiro atoms. The van der Waals surface area contributed by atoms with Crippen LogP contribution in [0.3, 0.4) is 0 Å². The SMILES string of the molecule is O/N=C\c1c(F)cc(Br)cc1C1CC1. The maximum atomic E-state index is 13.5. The van der Waals surface area contributed by atoms with Crippen molar-refractivity contribution >= 4 is 22.1 Å². The minimum Gasteiger partial charge on any atom is -0.411 e. The number of hydrogen-bond acceptors (Lipinski definition) is 2. The van der Waals surface area contributed by atoms with Crippen molar-refractivity contribution < 1.29 is 9.60 Å². The Kier molecular flexibility index (Phi) is 2.54. The summed E-state index contributed by atoms with van der Waals surface area (Å²) in [5.74, 6) is 0.0778. The van der Waals surface area contributed by atoms with E-state index in [-0.39, 0.29) is 5.82 Å². The molecule has 0 saturated heterocycles. The zero-order valence-electron chi connectivity index (χ0n) is 7.37. The number of halogens is 2. The summed E-state index contributed by atoms with van der Waals surface area (Å²) in [4.78, 5) is 0. The Balaban J connectivity index is 2.52. The molecule has 0 unspecified atom stereocenters. The van der Waals surface area contributed by atoms with E-state index in [1.165, 1.54) is 6.07 Å². The van der Waals surface area contributed by atoms with E-state index in [1.54, 1.807) is 0 Å². The van der Waals surface area contributed by atoms with E-state index in [0.29, 0.717) is 11.5 Å². The first-order chi connectivity index (χ1) is 6.72. The van der Waals surface area contributed by atoms with E-state index < -0.39 is 0 Å². The molecule has 0 aliphatic heterocycles. The first kappa shape index (κ1) is 9.65. The molecule has 2 nitrogen and oxygen atoms in total. The van der Waals surface area contributed by atoms with Crippen LogP contribution < -0.4 is 0 Å². The Morgan fingerprint density at radius 3 is 2.79 bits per heavy atom. The molecule has 14 heavy (non-hydrogen) atoms. The second-order valence-electron chi connectivity index (χ2n) is 3.41. The van der Waals surface area contributed by atoms with Crippen LogP contribution in [0.2, 0.25) is 0 Å². The minimum absolute atomic E-state index is 0.348. The fourth-order valence-electron chi connectivity index (χ4n) is 1.53. The predicted molar refractivity (Wildman–Crippen MR) is 55.5 cm³/mol. The van der Waals surface area contributed by atoms with E-state index in [1.807, 2.05) is 6.07 Å². The van der Waals surface area contributed by atoms with E-state index >= 15 is 0 Å². The van der Waals surface area contributed by atoms with E-state index in [9.17, 15) is 4.39 Å². The predicted octanol–water partition coefficient (Wildman–Crippen LogP) is 3.27. The maximum absolute atomic E-state index is 13.5. The summed E-state index contributed by atoms with van der Waals surface area (Å²) in [6.45, 7) is 0. The molecule has 0 aromatic heterocycles. The lowest BCUT2D eigenvalue weighted by Gasteiger charge is -2.05. The Hall–Kier alpha value is -0.900. The Morgan fingerprint density at radius 1 is 1.50 bits per heavy atom. The lowest BCUT2D eigenvalue weighted by molar-refractivity contribution is 0.321. The average molecular weight is 258 g/mol. The lowest BCUT2D eigenvalue weighted by Crippen LogP contribution is -1.96. The molecule has 74 valence electrons. The van der Waals surface area contributed by atoms with Crippen molar-refractivity contribution in [3.63, 3.8) is 0 Å². The first-order valence-corrected chi connectivity index (χ1v) is 5.18. The maximum Gasteiger partial charge on any atom is 0.133 e. The molecule has 1 aromatic rings. The van der Waals surface area contributed by atoms with Crippen molar-refractivity contribution in [2.24, 2.45) is 5.16 Å². The van der Waals surface area contributed by atoms with Gasteiger partial charge < -0.3 is 5.21 Å². The lowest BCUT2D eigenvalue weighted by atomic mass is 10.0. The molecular weight excluding hydrogens is 249 g/mol. The van der Waals surface area contributed by atoms with Crippen LogP contribution in [-0.2, 0) is 0 Å². The molecule has 1 aliphatic carbocycles.